The van der Waals surface area contributed by atoms with Crippen LogP contribution in [0.1, 0.15) is 67.3 Å². The van der Waals surface area contributed by atoms with Crippen molar-refractivity contribution in [3.63, 3.8) is 0 Å². The summed E-state index contributed by atoms with van der Waals surface area (Å²) in [6.07, 6.45) is 0.606. The molecule has 2 unspecified atom stereocenters. The Kier molecular flexibility index (Phi) is 7.60. The van der Waals surface area contributed by atoms with Crippen molar-refractivity contribution in [2.75, 3.05) is 26.2 Å². The van der Waals surface area contributed by atoms with Gasteiger partial charge in [-0.25, -0.2) is 0 Å². The summed E-state index contributed by atoms with van der Waals surface area (Å²) in [5.41, 5.74) is 4.79. The van der Waals surface area contributed by atoms with Crippen molar-refractivity contribution in [1.82, 2.24) is 20.1 Å². The summed E-state index contributed by atoms with van der Waals surface area (Å²) in [7, 11) is 0. The molecule has 2 N–H and O–H groups in total. The Morgan fingerprint density at radius 1 is 1.09 bits per heavy atom. The number of carbonyl (C=O) groups excluding carboxylic acids is 2. The lowest BCUT2D eigenvalue weighted by molar-refractivity contribution is -0.126. The van der Waals surface area contributed by atoms with Crippen LogP contribution < -0.4 is 5.32 Å². The molecule has 2 amide bonds. The van der Waals surface area contributed by atoms with Crippen LogP contribution in [-0.4, -0.2) is 58.8 Å². The summed E-state index contributed by atoms with van der Waals surface area (Å²) < 4.78 is 0. The number of nitrogens with one attached hydrogen (secondary N) is 2. The van der Waals surface area contributed by atoms with Gasteiger partial charge in [-0.3, -0.25) is 9.59 Å². The lowest BCUT2D eigenvalue weighted by Gasteiger charge is -2.34. The zero-order valence-corrected chi connectivity index (χ0v) is 21.6. The van der Waals surface area contributed by atoms with Gasteiger partial charge in [0.2, 0.25) is 5.91 Å². The topological polar surface area (TPSA) is 68.4 Å². The Morgan fingerprint density at radius 2 is 1.77 bits per heavy atom. The maximum atomic E-state index is 13.9. The molecule has 2 heterocycles. The lowest BCUT2D eigenvalue weighted by Crippen LogP contribution is -2.50. The fourth-order valence-electron chi connectivity index (χ4n) is 5.39. The van der Waals surface area contributed by atoms with Gasteiger partial charge in [0.05, 0.1) is 6.04 Å². The Hall–Kier alpha value is -3.12. The minimum atomic E-state index is -0.551. The monoisotopic (exact) mass is 474 g/mol. The predicted octanol–water partition coefficient (Wildman–Crippen LogP) is 4.89. The van der Waals surface area contributed by atoms with Gasteiger partial charge < -0.3 is 20.1 Å². The van der Waals surface area contributed by atoms with Gasteiger partial charge in [0, 0.05) is 40.8 Å². The summed E-state index contributed by atoms with van der Waals surface area (Å²) in [5, 5.41) is 4.24. The van der Waals surface area contributed by atoms with Crippen molar-refractivity contribution in [1.29, 1.82) is 0 Å². The highest BCUT2D eigenvalue weighted by molar-refractivity contribution is 6.03. The number of aromatic nitrogens is 1. The highest BCUT2D eigenvalue weighted by Crippen LogP contribution is 2.44. The second kappa shape index (κ2) is 10.6. The van der Waals surface area contributed by atoms with E-state index in [-0.39, 0.29) is 23.8 Å². The first kappa shape index (κ1) is 25.0. The zero-order chi connectivity index (χ0) is 25.1. The molecule has 6 heteroatoms. The van der Waals surface area contributed by atoms with Gasteiger partial charge in [-0.15, -0.1) is 0 Å². The maximum absolute atomic E-state index is 13.9. The Balaban J connectivity index is 1.75. The number of aromatic amines is 1. The molecule has 0 spiro atoms. The largest absolute Gasteiger partial charge is 0.358 e. The highest BCUT2D eigenvalue weighted by Gasteiger charge is 2.45. The van der Waals surface area contributed by atoms with Crippen LogP contribution in [0.25, 0.3) is 10.9 Å². The van der Waals surface area contributed by atoms with Crippen LogP contribution in [0.4, 0.5) is 0 Å². The Labute approximate surface area is 208 Å². The van der Waals surface area contributed by atoms with E-state index in [0.717, 1.165) is 47.4 Å². The van der Waals surface area contributed by atoms with E-state index in [2.05, 4.69) is 62.0 Å². The number of fused-ring (bicyclic) bond motifs is 2. The molecule has 35 heavy (non-hydrogen) atoms. The molecular formula is C29H38N4O2. The summed E-state index contributed by atoms with van der Waals surface area (Å²) in [6, 6.07) is 15.1. The number of hydrogen-bond acceptors (Lipinski definition) is 3. The van der Waals surface area contributed by atoms with Crippen LogP contribution in [0, 0.1) is 12.8 Å². The normalized spacial score (nSPS) is 16.4. The van der Waals surface area contributed by atoms with Crippen molar-refractivity contribution in [2.24, 2.45) is 5.92 Å². The van der Waals surface area contributed by atoms with E-state index in [0.29, 0.717) is 18.5 Å². The van der Waals surface area contributed by atoms with Crippen LogP contribution in [-0.2, 0) is 4.79 Å². The third-order valence-corrected chi connectivity index (χ3v) is 7.17. The summed E-state index contributed by atoms with van der Waals surface area (Å²) >= 11 is 0. The molecule has 6 nitrogen and oxygen atoms in total. The molecule has 0 fully saturated rings. The number of H-pyrrole nitrogens is 1. The van der Waals surface area contributed by atoms with E-state index in [1.54, 1.807) is 0 Å². The predicted molar refractivity (Wildman–Crippen MR) is 142 cm³/mol. The molecule has 0 saturated carbocycles. The number of amides is 2. The van der Waals surface area contributed by atoms with Crippen molar-refractivity contribution in [3.05, 3.63) is 70.9 Å². The van der Waals surface area contributed by atoms with E-state index >= 15 is 0 Å². The molecule has 3 aromatic rings. The number of benzene rings is 2. The quantitative estimate of drug-likeness (QED) is 0.439. The molecule has 2 atom stereocenters. The van der Waals surface area contributed by atoms with Crippen LogP contribution >= 0.6 is 0 Å². The van der Waals surface area contributed by atoms with E-state index in [1.807, 2.05) is 41.3 Å². The van der Waals surface area contributed by atoms with Gasteiger partial charge in [-0.2, -0.15) is 0 Å². The fourth-order valence-corrected chi connectivity index (χ4v) is 5.39. The average molecular weight is 475 g/mol. The minimum absolute atomic E-state index is 0.0696. The number of aryl methyl sites for hydroxylation is 1. The standard InChI is InChI=1S/C29H38N4O2/c1-6-32(7-2)17-16-30-28(34)25(18-19(3)4)33-27(21-12-8-9-13-22(21)29(33)35)26-20(5)31-24-15-11-10-14-23(24)26/h8-15,19,25,27,31H,6-7,16-18H2,1-5H3,(H,30,34). The van der Waals surface area contributed by atoms with E-state index in [9.17, 15) is 9.59 Å². The Morgan fingerprint density at radius 3 is 2.49 bits per heavy atom. The van der Waals surface area contributed by atoms with E-state index in [4.69, 9.17) is 0 Å². The molecule has 0 bridgehead atoms. The SMILES string of the molecule is CCN(CC)CCNC(=O)C(CC(C)C)N1C(=O)c2ccccc2C1c1c(C)[nH]c2ccccc12. The smallest absolute Gasteiger partial charge is 0.255 e. The number of nitrogens with zero attached hydrogens (tertiary/aromatic N) is 2. The van der Waals surface area contributed by atoms with Gasteiger partial charge in [0.25, 0.3) is 5.91 Å². The molecule has 0 aliphatic carbocycles. The van der Waals surface area contributed by atoms with E-state index < -0.39 is 6.04 Å². The molecule has 1 aromatic heterocycles. The molecule has 186 valence electrons. The van der Waals surface area contributed by atoms with Gasteiger partial charge in [0.15, 0.2) is 0 Å². The molecule has 0 radical (unpaired) electrons. The molecule has 1 aliphatic rings. The number of likely N-dealkylation sites (N-methyl/N-ethyl adjacent to an activating group) is 1. The molecular weight excluding hydrogens is 436 g/mol. The van der Waals surface area contributed by atoms with Crippen molar-refractivity contribution >= 4 is 22.7 Å². The Bertz CT molecular complexity index is 1190. The van der Waals surface area contributed by atoms with Crippen LogP contribution in [0.5, 0.6) is 0 Å². The van der Waals surface area contributed by atoms with Crippen LogP contribution in [0.15, 0.2) is 48.5 Å². The number of carbonyl (C=O) groups is 2. The van der Waals surface area contributed by atoms with Gasteiger partial charge >= 0.3 is 0 Å². The molecule has 4 rings (SSSR count). The second-order valence-electron chi connectivity index (χ2n) is 9.87. The first-order valence-electron chi connectivity index (χ1n) is 12.9. The number of para-hydroxylation sites is 1. The van der Waals surface area contributed by atoms with Crippen molar-refractivity contribution in [3.8, 4) is 0 Å². The average Bonchev–Trinajstić information content (AvgIpc) is 3.33. The highest BCUT2D eigenvalue weighted by atomic mass is 16.2. The zero-order valence-electron chi connectivity index (χ0n) is 21.6. The van der Waals surface area contributed by atoms with Gasteiger partial charge in [0.1, 0.15) is 6.04 Å². The molecule has 2 aromatic carbocycles. The van der Waals surface area contributed by atoms with E-state index in [1.165, 1.54) is 0 Å². The third-order valence-electron chi connectivity index (χ3n) is 7.17. The summed E-state index contributed by atoms with van der Waals surface area (Å²) in [4.78, 5) is 35.2. The first-order chi connectivity index (χ1) is 16.9. The van der Waals surface area contributed by atoms with Crippen LogP contribution in [0.3, 0.4) is 0 Å². The number of rotatable bonds is 10. The summed E-state index contributed by atoms with van der Waals surface area (Å²) in [5.74, 6) is 0.115. The third kappa shape index (κ3) is 4.85. The van der Waals surface area contributed by atoms with Crippen LogP contribution in [0.2, 0.25) is 0 Å². The van der Waals surface area contributed by atoms with Gasteiger partial charge in [-0.05, 0) is 50.0 Å². The molecule has 0 saturated heterocycles. The minimum Gasteiger partial charge on any atom is -0.358 e. The summed E-state index contributed by atoms with van der Waals surface area (Å²) in [6.45, 7) is 13.8. The fraction of sp³-hybridized carbons (Fsp3) is 0.448. The van der Waals surface area contributed by atoms with Crippen molar-refractivity contribution in [2.45, 2.75) is 53.1 Å². The van der Waals surface area contributed by atoms with Gasteiger partial charge in [-0.1, -0.05) is 64.1 Å². The lowest BCUT2D eigenvalue weighted by atomic mass is 9.93. The maximum Gasteiger partial charge on any atom is 0.255 e. The molecule has 1 aliphatic heterocycles. The first-order valence-corrected chi connectivity index (χ1v) is 12.9. The second-order valence-corrected chi connectivity index (χ2v) is 9.87. The number of hydrogen-bond donors (Lipinski definition) is 2. The van der Waals surface area contributed by atoms with Crippen molar-refractivity contribution < 1.29 is 9.59 Å².